The first-order chi connectivity index (χ1) is 7.57. The van der Waals surface area contributed by atoms with Gasteiger partial charge in [-0.25, -0.2) is 4.98 Å². The first kappa shape index (κ1) is 11.2. The third-order valence-electron chi connectivity index (χ3n) is 2.24. The van der Waals surface area contributed by atoms with E-state index in [9.17, 15) is 13.2 Å². The Balaban J connectivity index is 2.19. The van der Waals surface area contributed by atoms with Gasteiger partial charge in [0.1, 0.15) is 11.7 Å². The van der Waals surface area contributed by atoms with Crippen LogP contribution in [0.1, 0.15) is 12.0 Å². The van der Waals surface area contributed by atoms with E-state index >= 15 is 0 Å². The standard InChI is InChI=1S/C10H10F3NO2/c11-10(12,13)8-2-1-4-14-9(8)16-7-3-5-15-6-7/h1-2,4,7H,3,5-6H2. The van der Waals surface area contributed by atoms with Crippen molar-refractivity contribution in [2.75, 3.05) is 13.2 Å². The van der Waals surface area contributed by atoms with Gasteiger partial charge in [0.25, 0.3) is 0 Å². The van der Waals surface area contributed by atoms with Gasteiger partial charge < -0.3 is 9.47 Å². The van der Waals surface area contributed by atoms with Gasteiger partial charge >= 0.3 is 6.18 Å². The van der Waals surface area contributed by atoms with Crippen molar-refractivity contribution in [2.24, 2.45) is 0 Å². The van der Waals surface area contributed by atoms with Crippen molar-refractivity contribution in [3.05, 3.63) is 23.9 Å². The highest BCUT2D eigenvalue weighted by molar-refractivity contribution is 5.28. The molecule has 0 N–H and O–H groups in total. The van der Waals surface area contributed by atoms with Crippen molar-refractivity contribution in [1.82, 2.24) is 4.98 Å². The molecule has 0 saturated carbocycles. The van der Waals surface area contributed by atoms with Gasteiger partial charge in [0, 0.05) is 12.6 Å². The zero-order valence-electron chi connectivity index (χ0n) is 8.33. The number of alkyl halides is 3. The summed E-state index contributed by atoms with van der Waals surface area (Å²) in [6.07, 6.45) is -2.91. The molecule has 2 rings (SSSR count). The molecular formula is C10H10F3NO2. The summed E-state index contributed by atoms with van der Waals surface area (Å²) in [5.41, 5.74) is -0.845. The summed E-state index contributed by atoms with van der Waals surface area (Å²) in [7, 11) is 0. The number of nitrogens with zero attached hydrogens (tertiary/aromatic N) is 1. The normalized spacial score (nSPS) is 21.1. The molecule has 0 aromatic carbocycles. The Morgan fingerprint density at radius 3 is 2.88 bits per heavy atom. The monoisotopic (exact) mass is 233 g/mol. The Kier molecular flexibility index (Phi) is 3.00. The second kappa shape index (κ2) is 4.29. The molecule has 0 radical (unpaired) electrons. The molecule has 1 aliphatic heterocycles. The maximum atomic E-state index is 12.6. The van der Waals surface area contributed by atoms with Crippen LogP contribution in [0.15, 0.2) is 18.3 Å². The molecule has 6 heteroatoms. The molecule has 0 aliphatic carbocycles. The van der Waals surface area contributed by atoms with Gasteiger partial charge in [-0.05, 0) is 12.1 Å². The summed E-state index contributed by atoms with van der Waals surface area (Å²) in [4.78, 5) is 3.61. The average molecular weight is 233 g/mol. The molecule has 0 amide bonds. The number of aromatic nitrogens is 1. The van der Waals surface area contributed by atoms with Crippen molar-refractivity contribution in [2.45, 2.75) is 18.7 Å². The molecule has 1 atom stereocenters. The van der Waals surface area contributed by atoms with Gasteiger partial charge in [0.05, 0.1) is 13.2 Å². The summed E-state index contributed by atoms with van der Waals surface area (Å²) in [6.45, 7) is 0.826. The lowest BCUT2D eigenvalue weighted by molar-refractivity contribution is -0.139. The summed E-state index contributed by atoms with van der Waals surface area (Å²) in [6, 6.07) is 2.19. The summed E-state index contributed by atoms with van der Waals surface area (Å²) in [5, 5.41) is 0. The van der Waals surface area contributed by atoms with Crippen LogP contribution in [-0.4, -0.2) is 24.3 Å². The SMILES string of the molecule is FC(F)(F)c1cccnc1OC1CCOC1. The Morgan fingerprint density at radius 2 is 2.25 bits per heavy atom. The second-order valence-corrected chi connectivity index (χ2v) is 3.46. The fourth-order valence-electron chi connectivity index (χ4n) is 1.46. The largest absolute Gasteiger partial charge is 0.471 e. The Morgan fingerprint density at radius 1 is 1.44 bits per heavy atom. The third kappa shape index (κ3) is 2.44. The van der Waals surface area contributed by atoms with E-state index in [1.54, 1.807) is 0 Å². The fraction of sp³-hybridized carbons (Fsp3) is 0.500. The first-order valence-corrected chi connectivity index (χ1v) is 4.84. The Labute approximate surface area is 90.2 Å². The summed E-state index contributed by atoms with van der Waals surface area (Å²) in [5.74, 6) is -0.370. The van der Waals surface area contributed by atoms with Crippen LogP contribution in [-0.2, 0) is 10.9 Å². The van der Waals surface area contributed by atoms with Crippen LogP contribution in [0.5, 0.6) is 5.88 Å². The molecule has 2 heterocycles. The Bertz CT molecular complexity index is 361. The molecule has 1 fully saturated rings. The predicted octanol–water partition coefficient (Wildman–Crippen LogP) is 2.27. The molecule has 16 heavy (non-hydrogen) atoms. The molecule has 0 bridgehead atoms. The zero-order valence-corrected chi connectivity index (χ0v) is 8.33. The van der Waals surface area contributed by atoms with Gasteiger partial charge in [-0.3, -0.25) is 0 Å². The number of ether oxygens (including phenoxy) is 2. The van der Waals surface area contributed by atoms with E-state index in [1.165, 1.54) is 12.3 Å². The molecule has 1 aromatic heterocycles. The van der Waals surface area contributed by atoms with E-state index in [-0.39, 0.29) is 12.0 Å². The van der Waals surface area contributed by atoms with Gasteiger partial charge in [-0.1, -0.05) is 0 Å². The second-order valence-electron chi connectivity index (χ2n) is 3.46. The fourth-order valence-corrected chi connectivity index (χ4v) is 1.46. The van der Waals surface area contributed by atoms with Crippen molar-refractivity contribution in [1.29, 1.82) is 0 Å². The minimum absolute atomic E-state index is 0.313. The van der Waals surface area contributed by atoms with E-state index in [0.29, 0.717) is 19.6 Å². The lowest BCUT2D eigenvalue weighted by Gasteiger charge is -2.15. The van der Waals surface area contributed by atoms with Crippen LogP contribution >= 0.6 is 0 Å². The van der Waals surface area contributed by atoms with E-state index in [0.717, 1.165) is 6.07 Å². The molecule has 3 nitrogen and oxygen atoms in total. The third-order valence-corrected chi connectivity index (χ3v) is 2.24. The van der Waals surface area contributed by atoms with Crippen molar-refractivity contribution in [3.8, 4) is 5.88 Å². The van der Waals surface area contributed by atoms with E-state index < -0.39 is 11.7 Å². The van der Waals surface area contributed by atoms with Crippen molar-refractivity contribution < 1.29 is 22.6 Å². The maximum absolute atomic E-state index is 12.6. The summed E-state index contributed by atoms with van der Waals surface area (Å²) >= 11 is 0. The topological polar surface area (TPSA) is 31.4 Å². The quantitative estimate of drug-likeness (QED) is 0.785. The number of hydrogen-bond donors (Lipinski definition) is 0. The first-order valence-electron chi connectivity index (χ1n) is 4.84. The van der Waals surface area contributed by atoms with Gasteiger partial charge in [-0.15, -0.1) is 0 Å². The van der Waals surface area contributed by atoms with Crippen LogP contribution < -0.4 is 4.74 Å². The Hall–Kier alpha value is -1.30. The molecular weight excluding hydrogens is 223 g/mol. The van der Waals surface area contributed by atoms with Crippen molar-refractivity contribution in [3.63, 3.8) is 0 Å². The van der Waals surface area contributed by atoms with E-state index in [4.69, 9.17) is 9.47 Å². The molecule has 88 valence electrons. The molecule has 1 unspecified atom stereocenters. The number of halogens is 3. The number of rotatable bonds is 2. The van der Waals surface area contributed by atoms with Crippen LogP contribution in [0.4, 0.5) is 13.2 Å². The van der Waals surface area contributed by atoms with E-state index in [2.05, 4.69) is 4.98 Å². The number of hydrogen-bond acceptors (Lipinski definition) is 3. The molecule has 1 aliphatic rings. The summed E-state index contributed by atoms with van der Waals surface area (Å²) < 4.78 is 47.9. The van der Waals surface area contributed by atoms with Crippen LogP contribution in [0.25, 0.3) is 0 Å². The van der Waals surface area contributed by atoms with Gasteiger partial charge in [0.2, 0.25) is 5.88 Å². The number of pyridine rings is 1. The maximum Gasteiger partial charge on any atom is 0.421 e. The lowest BCUT2D eigenvalue weighted by Crippen LogP contribution is -2.19. The van der Waals surface area contributed by atoms with Crippen LogP contribution in [0, 0.1) is 0 Å². The average Bonchev–Trinajstić information content (AvgIpc) is 2.70. The van der Waals surface area contributed by atoms with Gasteiger partial charge in [0.15, 0.2) is 0 Å². The molecule has 0 spiro atoms. The van der Waals surface area contributed by atoms with Crippen LogP contribution in [0.3, 0.4) is 0 Å². The molecule has 1 aromatic rings. The highest BCUT2D eigenvalue weighted by atomic mass is 19.4. The lowest BCUT2D eigenvalue weighted by atomic mass is 10.2. The molecule has 1 saturated heterocycles. The highest BCUT2D eigenvalue weighted by Crippen LogP contribution is 2.35. The van der Waals surface area contributed by atoms with Crippen molar-refractivity contribution >= 4 is 0 Å². The minimum atomic E-state index is -4.44. The predicted molar refractivity (Wildman–Crippen MR) is 49.1 cm³/mol. The zero-order chi connectivity index (χ0) is 11.6. The highest BCUT2D eigenvalue weighted by Gasteiger charge is 2.36. The van der Waals surface area contributed by atoms with E-state index in [1.807, 2.05) is 0 Å². The minimum Gasteiger partial charge on any atom is -0.471 e. The smallest absolute Gasteiger partial charge is 0.421 e. The van der Waals surface area contributed by atoms with Gasteiger partial charge in [-0.2, -0.15) is 13.2 Å². The van der Waals surface area contributed by atoms with Crippen LogP contribution in [0.2, 0.25) is 0 Å².